The molecule has 118 valence electrons. The second-order valence-corrected chi connectivity index (χ2v) is 6.56. The monoisotopic (exact) mass is 292 g/mol. The van der Waals surface area contributed by atoms with E-state index < -0.39 is 12.6 Å². The Bertz CT molecular complexity index is 318. The molecule has 1 aliphatic heterocycles. The molecule has 0 bridgehead atoms. The molecule has 1 saturated heterocycles. The number of halogens is 3. The van der Waals surface area contributed by atoms with Gasteiger partial charge < -0.3 is 5.32 Å². The van der Waals surface area contributed by atoms with Crippen molar-refractivity contribution < 1.29 is 13.2 Å². The predicted octanol–water partition coefficient (Wildman–Crippen LogP) is 3.72. The standard InChI is InChI=1S/C15H27F3N2/c1-3-13(4-2)12-20(10-9-15(16,17)18)14(11-19-13)7-5-6-8-14/h19H,3-12H2,1-2H3. The molecule has 1 aliphatic carbocycles. The number of nitrogens with one attached hydrogen (secondary N) is 1. The first-order valence-electron chi connectivity index (χ1n) is 7.92. The van der Waals surface area contributed by atoms with Crippen LogP contribution < -0.4 is 5.32 Å². The van der Waals surface area contributed by atoms with Crippen molar-refractivity contribution in [2.24, 2.45) is 0 Å². The van der Waals surface area contributed by atoms with Gasteiger partial charge in [-0.2, -0.15) is 13.2 Å². The summed E-state index contributed by atoms with van der Waals surface area (Å²) >= 11 is 0. The van der Waals surface area contributed by atoms with Crippen molar-refractivity contribution in [2.45, 2.75) is 76.0 Å². The zero-order chi connectivity index (χ0) is 14.9. The minimum atomic E-state index is -4.05. The summed E-state index contributed by atoms with van der Waals surface area (Å²) < 4.78 is 37.8. The average Bonchev–Trinajstić information content (AvgIpc) is 2.87. The maximum Gasteiger partial charge on any atom is 0.390 e. The summed E-state index contributed by atoms with van der Waals surface area (Å²) in [7, 11) is 0. The van der Waals surface area contributed by atoms with Crippen LogP contribution >= 0.6 is 0 Å². The van der Waals surface area contributed by atoms with Crippen LogP contribution in [0.5, 0.6) is 0 Å². The van der Waals surface area contributed by atoms with Gasteiger partial charge in [-0.3, -0.25) is 4.90 Å². The van der Waals surface area contributed by atoms with Gasteiger partial charge in [-0.05, 0) is 25.7 Å². The largest absolute Gasteiger partial charge is 0.390 e. The minimum Gasteiger partial charge on any atom is -0.308 e. The normalized spacial score (nSPS) is 26.2. The van der Waals surface area contributed by atoms with Gasteiger partial charge in [-0.15, -0.1) is 0 Å². The van der Waals surface area contributed by atoms with Gasteiger partial charge in [0.25, 0.3) is 0 Å². The number of hydrogen-bond donors (Lipinski definition) is 1. The van der Waals surface area contributed by atoms with Crippen LogP contribution in [0.2, 0.25) is 0 Å². The highest BCUT2D eigenvalue weighted by atomic mass is 19.4. The molecule has 0 aromatic heterocycles. The van der Waals surface area contributed by atoms with Gasteiger partial charge in [0.2, 0.25) is 0 Å². The van der Waals surface area contributed by atoms with Crippen LogP contribution in [0.3, 0.4) is 0 Å². The van der Waals surface area contributed by atoms with Gasteiger partial charge >= 0.3 is 6.18 Å². The second-order valence-electron chi connectivity index (χ2n) is 6.56. The molecular formula is C15H27F3N2. The number of rotatable bonds is 4. The zero-order valence-corrected chi connectivity index (χ0v) is 12.7. The Balaban J connectivity index is 2.11. The quantitative estimate of drug-likeness (QED) is 0.849. The number of piperazine rings is 1. The highest BCUT2D eigenvalue weighted by Crippen LogP contribution is 2.40. The lowest BCUT2D eigenvalue weighted by molar-refractivity contribution is -0.144. The van der Waals surface area contributed by atoms with E-state index in [1.807, 2.05) is 0 Å². The van der Waals surface area contributed by atoms with Crippen LogP contribution in [0.15, 0.2) is 0 Å². The van der Waals surface area contributed by atoms with Gasteiger partial charge in [0, 0.05) is 30.7 Å². The predicted molar refractivity (Wildman–Crippen MR) is 74.8 cm³/mol. The van der Waals surface area contributed by atoms with Crippen molar-refractivity contribution in [1.29, 1.82) is 0 Å². The molecule has 1 spiro atoms. The molecule has 5 heteroatoms. The van der Waals surface area contributed by atoms with E-state index in [0.29, 0.717) is 0 Å². The molecule has 0 radical (unpaired) electrons. The molecule has 2 aliphatic rings. The molecule has 1 N–H and O–H groups in total. The van der Waals surface area contributed by atoms with E-state index in [0.717, 1.165) is 51.6 Å². The summed E-state index contributed by atoms with van der Waals surface area (Å²) in [6.07, 6.45) is 1.60. The van der Waals surface area contributed by atoms with Crippen molar-refractivity contribution >= 4 is 0 Å². The summed E-state index contributed by atoms with van der Waals surface area (Å²) in [4.78, 5) is 2.16. The fourth-order valence-electron chi connectivity index (χ4n) is 3.88. The van der Waals surface area contributed by atoms with E-state index in [-0.39, 0.29) is 17.6 Å². The van der Waals surface area contributed by atoms with Crippen LogP contribution in [0.1, 0.15) is 58.8 Å². The van der Waals surface area contributed by atoms with E-state index in [9.17, 15) is 13.2 Å². The fourth-order valence-corrected chi connectivity index (χ4v) is 3.88. The molecular weight excluding hydrogens is 265 g/mol. The molecule has 0 aromatic rings. The Morgan fingerprint density at radius 1 is 1.10 bits per heavy atom. The molecule has 1 saturated carbocycles. The lowest BCUT2D eigenvalue weighted by atomic mass is 9.82. The number of nitrogens with zero attached hydrogens (tertiary/aromatic N) is 1. The Morgan fingerprint density at radius 2 is 1.70 bits per heavy atom. The van der Waals surface area contributed by atoms with Crippen LogP contribution in [-0.4, -0.2) is 41.8 Å². The summed E-state index contributed by atoms with van der Waals surface area (Å²) in [5.74, 6) is 0. The van der Waals surface area contributed by atoms with E-state index in [1.54, 1.807) is 0 Å². The van der Waals surface area contributed by atoms with Gasteiger partial charge in [0.15, 0.2) is 0 Å². The van der Waals surface area contributed by atoms with Gasteiger partial charge in [0.1, 0.15) is 0 Å². The van der Waals surface area contributed by atoms with Crippen LogP contribution in [0.4, 0.5) is 13.2 Å². The third-order valence-electron chi connectivity index (χ3n) is 5.51. The highest BCUT2D eigenvalue weighted by molar-refractivity contribution is 5.06. The highest BCUT2D eigenvalue weighted by Gasteiger charge is 2.48. The first-order chi connectivity index (χ1) is 9.35. The molecule has 0 unspecified atom stereocenters. The summed E-state index contributed by atoms with van der Waals surface area (Å²) in [5, 5.41) is 3.67. The van der Waals surface area contributed by atoms with Crippen LogP contribution in [0.25, 0.3) is 0 Å². The van der Waals surface area contributed by atoms with Crippen molar-refractivity contribution in [3.05, 3.63) is 0 Å². The van der Waals surface area contributed by atoms with Crippen molar-refractivity contribution in [3.8, 4) is 0 Å². The summed E-state index contributed by atoms with van der Waals surface area (Å²) in [6, 6.07) is 0. The Labute approximate surface area is 120 Å². The smallest absolute Gasteiger partial charge is 0.308 e. The first kappa shape index (κ1) is 16.1. The molecule has 0 atom stereocenters. The topological polar surface area (TPSA) is 15.3 Å². The van der Waals surface area contributed by atoms with E-state index >= 15 is 0 Å². The lowest BCUT2D eigenvalue weighted by Crippen LogP contribution is -2.69. The molecule has 20 heavy (non-hydrogen) atoms. The third kappa shape index (κ3) is 3.30. The Morgan fingerprint density at radius 3 is 2.20 bits per heavy atom. The molecule has 0 amide bonds. The van der Waals surface area contributed by atoms with Crippen LogP contribution in [0, 0.1) is 0 Å². The fraction of sp³-hybridized carbons (Fsp3) is 1.00. The lowest BCUT2D eigenvalue weighted by Gasteiger charge is -2.53. The van der Waals surface area contributed by atoms with Gasteiger partial charge in [-0.1, -0.05) is 26.7 Å². The van der Waals surface area contributed by atoms with Gasteiger partial charge in [0.05, 0.1) is 6.42 Å². The second kappa shape index (κ2) is 5.84. The SMILES string of the molecule is CCC1(CC)CN(CCC(F)(F)F)C2(CCCC2)CN1. The molecule has 2 fully saturated rings. The van der Waals surface area contributed by atoms with Crippen molar-refractivity contribution in [3.63, 3.8) is 0 Å². The maximum absolute atomic E-state index is 12.6. The minimum absolute atomic E-state index is 0.000557. The van der Waals surface area contributed by atoms with E-state index in [4.69, 9.17) is 0 Å². The summed E-state index contributed by atoms with van der Waals surface area (Å²) in [5.41, 5.74) is -0.0153. The Kier molecular flexibility index (Phi) is 4.69. The third-order valence-corrected chi connectivity index (χ3v) is 5.51. The average molecular weight is 292 g/mol. The molecule has 0 aromatic carbocycles. The molecule has 2 rings (SSSR count). The van der Waals surface area contributed by atoms with E-state index in [1.165, 1.54) is 0 Å². The van der Waals surface area contributed by atoms with Crippen molar-refractivity contribution in [1.82, 2.24) is 10.2 Å². The van der Waals surface area contributed by atoms with Crippen molar-refractivity contribution in [2.75, 3.05) is 19.6 Å². The number of alkyl halides is 3. The molecule has 2 nitrogen and oxygen atoms in total. The zero-order valence-electron chi connectivity index (χ0n) is 12.7. The number of hydrogen-bond acceptors (Lipinski definition) is 2. The Hall–Kier alpha value is -0.290. The molecule has 1 heterocycles. The summed E-state index contributed by atoms with van der Waals surface area (Å²) in [6.45, 7) is 6.03. The first-order valence-corrected chi connectivity index (χ1v) is 7.92. The van der Waals surface area contributed by atoms with Gasteiger partial charge in [-0.25, -0.2) is 0 Å². The van der Waals surface area contributed by atoms with Crippen LogP contribution in [-0.2, 0) is 0 Å². The van der Waals surface area contributed by atoms with E-state index in [2.05, 4.69) is 24.1 Å². The maximum atomic E-state index is 12.6.